The summed E-state index contributed by atoms with van der Waals surface area (Å²) in [6, 6.07) is 3.97. The molecule has 1 aromatic carbocycles. The maximum Gasteiger partial charge on any atom is 0.203 e. The molecule has 7 nitrogen and oxygen atoms in total. The van der Waals surface area contributed by atoms with E-state index in [9.17, 15) is 0 Å². The van der Waals surface area contributed by atoms with E-state index < -0.39 is 0 Å². The SMILES string of the molecule is CCCc1nc2sc3c(NCCc4cc(OC)c(OC)c(OC)c4)ncnc3c2c2c1CCC2. The maximum atomic E-state index is 5.49. The molecule has 178 valence electrons. The van der Waals surface area contributed by atoms with Gasteiger partial charge in [-0.15, -0.1) is 11.3 Å². The highest BCUT2D eigenvalue weighted by molar-refractivity contribution is 7.26. The van der Waals surface area contributed by atoms with Gasteiger partial charge in [-0.25, -0.2) is 15.0 Å². The van der Waals surface area contributed by atoms with E-state index in [1.54, 1.807) is 39.0 Å². The topological polar surface area (TPSA) is 78.4 Å². The fourth-order valence-electron chi connectivity index (χ4n) is 4.95. The molecule has 3 aromatic heterocycles. The molecule has 4 aromatic rings. The van der Waals surface area contributed by atoms with Crippen molar-refractivity contribution in [2.24, 2.45) is 0 Å². The van der Waals surface area contributed by atoms with Gasteiger partial charge in [-0.1, -0.05) is 13.3 Å². The Morgan fingerprint density at radius 3 is 2.44 bits per heavy atom. The lowest BCUT2D eigenvalue weighted by molar-refractivity contribution is 0.324. The number of methoxy groups -OCH3 is 3. The molecule has 0 aliphatic heterocycles. The van der Waals surface area contributed by atoms with Crippen LogP contribution in [0.4, 0.5) is 5.82 Å². The average Bonchev–Trinajstić information content (AvgIpc) is 3.48. The summed E-state index contributed by atoms with van der Waals surface area (Å²) in [5.74, 6) is 2.79. The van der Waals surface area contributed by atoms with Gasteiger partial charge in [0.15, 0.2) is 11.5 Å². The van der Waals surface area contributed by atoms with Crippen LogP contribution < -0.4 is 19.5 Å². The molecule has 0 radical (unpaired) electrons. The van der Waals surface area contributed by atoms with Crippen LogP contribution in [0.15, 0.2) is 18.5 Å². The molecule has 0 spiro atoms. The summed E-state index contributed by atoms with van der Waals surface area (Å²) >= 11 is 1.70. The lowest BCUT2D eigenvalue weighted by Gasteiger charge is -2.14. The molecule has 0 bridgehead atoms. The Hall–Kier alpha value is -3.13. The lowest BCUT2D eigenvalue weighted by Crippen LogP contribution is -2.07. The molecule has 5 rings (SSSR count). The van der Waals surface area contributed by atoms with Crippen molar-refractivity contribution in [2.45, 2.75) is 45.4 Å². The van der Waals surface area contributed by atoms with Crippen LogP contribution in [-0.4, -0.2) is 42.8 Å². The van der Waals surface area contributed by atoms with E-state index in [1.165, 1.54) is 28.6 Å². The molecule has 0 saturated carbocycles. The summed E-state index contributed by atoms with van der Waals surface area (Å²) in [6.45, 7) is 2.94. The number of anilines is 1. The summed E-state index contributed by atoms with van der Waals surface area (Å²) in [5.41, 5.74) is 6.32. The monoisotopic (exact) mass is 478 g/mol. The Labute approximate surface area is 203 Å². The van der Waals surface area contributed by atoms with Crippen LogP contribution in [0.25, 0.3) is 20.4 Å². The van der Waals surface area contributed by atoms with E-state index in [-0.39, 0.29) is 0 Å². The zero-order valence-corrected chi connectivity index (χ0v) is 21.0. The summed E-state index contributed by atoms with van der Waals surface area (Å²) in [5, 5.41) is 4.77. The van der Waals surface area contributed by atoms with Crippen LogP contribution in [0.1, 0.15) is 42.1 Å². The summed E-state index contributed by atoms with van der Waals surface area (Å²) in [4.78, 5) is 15.4. The van der Waals surface area contributed by atoms with Gasteiger partial charge < -0.3 is 19.5 Å². The van der Waals surface area contributed by atoms with Crippen molar-refractivity contribution in [3.8, 4) is 17.2 Å². The zero-order chi connectivity index (χ0) is 23.7. The van der Waals surface area contributed by atoms with Crippen LogP contribution >= 0.6 is 11.3 Å². The molecule has 1 aliphatic carbocycles. The third-order valence-corrected chi connectivity index (χ3v) is 7.55. The van der Waals surface area contributed by atoms with Crippen LogP contribution in [0, 0.1) is 0 Å². The molecular weight excluding hydrogens is 448 g/mol. The van der Waals surface area contributed by atoms with Gasteiger partial charge >= 0.3 is 0 Å². The number of fused-ring (bicyclic) bond motifs is 5. The van der Waals surface area contributed by atoms with Gasteiger partial charge in [0.2, 0.25) is 5.75 Å². The molecule has 8 heteroatoms. The van der Waals surface area contributed by atoms with Gasteiger partial charge in [-0.3, -0.25) is 0 Å². The minimum Gasteiger partial charge on any atom is -0.493 e. The Balaban J connectivity index is 1.44. The van der Waals surface area contributed by atoms with Crippen molar-refractivity contribution in [2.75, 3.05) is 33.2 Å². The van der Waals surface area contributed by atoms with Gasteiger partial charge in [-0.2, -0.15) is 0 Å². The number of aromatic nitrogens is 3. The first-order valence-corrected chi connectivity index (χ1v) is 12.6. The number of nitrogens with zero attached hydrogens (tertiary/aromatic N) is 3. The van der Waals surface area contributed by atoms with Gasteiger partial charge in [-0.05, 0) is 60.9 Å². The first-order chi connectivity index (χ1) is 16.7. The molecule has 1 N–H and O–H groups in total. The maximum absolute atomic E-state index is 5.49. The van der Waals surface area contributed by atoms with Gasteiger partial charge in [0.05, 0.1) is 31.5 Å². The number of hydrogen-bond acceptors (Lipinski definition) is 8. The second-order valence-corrected chi connectivity index (χ2v) is 9.51. The second kappa shape index (κ2) is 9.62. The molecular formula is C26H30N4O3S. The summed E-state index contributed by atoms with van der Waals surface area (Å²) in [6.07, 6.45) is 8.05. The van der Waals surface area contributed by atoms with E-state index in [0.29, 0.717) is 23.8 Å². The standard InChI is InChI=1S/C26H30N4O3S/c1-5-7-18-16-8-6-9-17(16)21-22-24(34-26(21)30-18)25(29-14-28-22)27-11-10-15-12-19(31-2)23(33-4)20(13-15)32-3/h12-14H,5-11H2,1-4H3,(H,27,28,29). The number of aryl methyl sites for hydroxylation is 2. The highest BCUT2D eigenvalue weighted by Crippen LogP contribution is 2.42. The zero-order valence-electron chi connectivity index (χ0n) is 20.2. The summed E-state index contributed by atoms with van der Waals surface area (Å²) < 4.78 is 17.5. The molecule has 0 fully saturated rings. The van der Waals surface area contributed by atoms with Crippen molar-refractivity contribution in [3.63, 3.8) is 0 Å². The van der Waals surface area contributed by atoms with Crippen molar-refractivity contribution >= 4 is 37.6 Å². The Kier molecular flexibility index (Phi) is 6.41. The van der Waals surface area contributed by atoms with Crippen LogP contribution in [0.3, 0.4) is 0 Å². The van der Waals surface area contributed by atoms with E-state index in [1.807, 2.05) is 12.1 Å². The molecule has 3 heterocycles. The highest BCUT2D eigenvalue weighted by Gasteiger charge is 2.24. The minimum atomic E-state index is 0.604. The number of pyridine rings is 1. The normalized spacial score (nSPS) is 12.8. The molecule has 0 saturated heterocycles. The number of hydrogen-bond donors (Lipinski definition) is 1. The molecule has 34 heavy (non-hydrogen) atoms. The van der Waals surface area contributed by atoms with E-state index in [2.05, 4.69) is 22.2 Å². The molecule has 0 unspecified atom stereocenters. The Bertz CT molecular complexity index is 1330. The van der Waals surface area contributed by atoms with Gasteiger partial charge in [0.1, 0.15) is 17.0 Å². The number of ether oxygens (including phenoxy) is 3. The smallest absolute Gasteiger partial charge is 0.203 e. The largest absolute Gasteiger partial charge is 0.493 e. The molecule has 0 amide bonds. The number of thiophene rings is 1. The Morgan fingerprint density at radius 1 is 0.971 bits per heavy atom. The quantitative estimate of drug-likeness (QED) is 0.347. The van der Waals surface area contributed by atoms with Crippen molar-refractivity contribution in [3.05, 3.63) is 40.8 Å². The van der Waals surface area contributed by atoms with Crippen LogP contribution in [0.2, 0.25) is 0 Å². The predicted molar refractivity (Wildman–Crippen MR) is 137 cm³/mol. The third kappa shape index (κ3) is 3.90. The van der Waals surface area contributed by atoms with Crippen LogP contribution in [-0.2, 0) is 25.7 Å². The van der Waals surface area contributed by atoms with Crippen molar-refractivity contribution < 1.29 is 14.2 Å². The average molecular weight is 479 g/mol. The third-order valence-electron chi connectivity index (χ3n) is 6.48. The minimum absolute atomic E-state index is 0.604. The highest BCUT2D eigenvalue weighted by atomic mass is 32.1. The first-order valence-electron chi connectivity index (χ1n) is 11.8. The van der Waals surface area contributed by atoms with E-state index >= 15 is 0 Å². The number of benzene rings is 1. The Morgan fingerprint density at radius 2 is 1.74 bits per heavy atom. The van der Waals surface area contributed by atoms with Gasteiger partial charge in [0, 0.05) is 17.6 Å². The van der Waals surface area contributed by atoms with E-state index in [0.717, 1.165) is 58.5 Å². The lowest BCUT2D eigenvalue weighted by atomic mass is 10.0. The predicted octanol–water partition coefficient (Wildman–Crippen LogP) is 5.36. The van der Waals surface area contributed by atoms with Crippen molar-refractivity contribution in [1.82, 2.24) is 15.0 Å². The fraction of sp³-hybridized carbons (Fsp3) is 0.423. The molecule has 0 atom stereocenters. The summed E-state index contributed by atoms with van der Waals surface area (Å²) in [7, 11) is 4.88. The van der Waals surface area contributed by atoms with E-state index in [4.69, 9.17) is 19.2 Å². The van der Waals surface area contributed by atoms with Crippen molar-refractivity contribution in [1.29, 1.82) is 0 Å². The number of nitrogens with one attached hydrogen (secondary N) is 1. The van der Waals surface area contributed by atoms with Crippen LogP contribution in [0.5, 0.6) is 17.2 Å². The first kappa shape index (κ1) is 22.7. The van der Waals surface area contributed by atoms with Gasteiger partial charge in [0.25, 0.3) is 0 Å². The fourth-order valence-corrected chi connectivity index (χ4v) is 6.09. The molecule has 1 aliphatic rings. The number of rotatable bonds is 9. The second-order valence-electron chi connectivity index (χ2n) is 8.51.